The first-order chi connectivity index (χ1) is 8.08. The zero-order chi connectivity index (χ0) is 12.4. The standard InChI is InChI=1S/C14H12FNO/c1-9-2-7-12(13(16)8-9)14(17)10-3-5-11(15)6-4-10/h2-8H,16H2,1H3. The van der Waals surface area contributed by atoms with E-state index in [1.54, 1.807) is 12.1 Å². The maximum absolute atomic E-state index is 12.7. The van der Waals surface area contributed by atoms with Crippen molar-refractivity contribution in [2.45, 2.75) is 6.92 Å². The van der Waals surface area contributed by atoms with Crippen LogP contribution in [-0.2, 0) is 0 Å². The van der Waals surface area contributed by atoms with E-state index in [-0.39, 0.29) is 11.6 Å². The highest BCUT2D eigenvalue weighted by Gasteiger charge is 2.12. The summed E-state index contributed by atoms with van der Waals surface area (Å²) in [5.41, 5.74) is 8.12. The normalized spacial score (nSPS) is 10.2. The molecule has 0 aromatic heterocycles. The number of hydrogen-bond donors (Lipinski definition) is 1. The Labute approximate surface area is 98.9 Å². The minimum Gasteiger partial charge on any atom is -0.398 e. The summed E-state index contributed by atoms with van der Waals surface area (Å²) in [6.07, 6.45) is 0. The predicted molar refractivity (Wildman–Crippen MR) is 65.4 cm³/mol. The Hall–Kier alpha value is -2.16. The third-order valence-electron chi connectivity index (χ3n) is 2.56. The van der Waals surface area contributed by atoms with Gasteiger partial charge in [-0.25, -0.2) is 4.39 Å². The number of halogens is 1. The molecule has 17 heavy (non-hydrogen) atoms. The fraction of sp³-hybridized carbons (Fsp3) is 0.0714. The first kappa shape index (κ1) is 11.3. The molecule has 2 N–H and O–H groups in total. The third kappa shape index (κ3) is 2.33. The summed E-state index contributed by atoms with van der Waals surface area (Å²) >= 11 is 0. The molecule has 0 bridgehead atoms. The van der Waals surface area contributed by atoms with Gasteiger partial charge < -0.3 is 5.73 Å². The number of aryl methyl sites for hydroxylation is 1. The van der Waals surface area contributed by atoms with Crippen LogP contribution < -0.4 is 5.73 Å². The van der Waals surface area contributed by atoms with E-state index in [2.05, 4.69) is 0 Å². The molecule has 2 nitrogen and oxygen atoms in total. The Kier molecular flexibility index (Phi) is 2.91. The minimum absolute atomic E-state index is 0.192. The van der Waals surface area contributed by atoms with Gasteiger partial charge in [-0.15, -0.1) is 0 Å². The van der Waals surface area contributed by atoms with Gasteiger partial charge in [0.2, 0.25) is 0 Å². The maximum atomic E-state index is 12.7. The number of nitrogens with two attached hydrogens (primary N) is 1. The summed E-state index contributed by atoms with van der Waals surface area (Å²) < 4.78 is 12.7. The summed E-state index contributed by atoms with van der Waals surface area (Å²) in [6, 6.07) is 10.7. The van der Waals surface area contributed by atoms with E-state index in [0.29, 0.717) is 16.8 Å². The van der Waals surface area contributed by atoms with E-state index in [1.165, 1.54) is 24.3 Å². The number of benzene rings is 2. The van der Waals surface area contributed by atoms with Crippen LogP contribution in [0.5, 0.6) is 0 Å². The van der Waals surface area contributed by atoms with Crippen molar-refractivity contribution < 1.29 is 9.18 Å². The van der Waals surface area contributed by atoms with Crippen LogP contribution in [0, 0.1) is 12.7 Å². The summed E-state index contributed by atoms with van der Waals surface area (Å²) in [7, 11) is 0. The molecule has 2 rings (SSSR count). The van der Waals surface area contributed by atoms with Crippen LogP contribution in [0.2, 0.25) is 0 Å². The molecule has 0 unspecified atom stereocenters. The quantitative estimate of drug-likeness (QED) is 0.635. The van der Waals surface area contributed by atoms with Gasteiger partial charge in [0.15, 0.2) is 5.78 Å². The molecule has 0 atom stereocenters. The SMILES string of the molecule is Cc1ccc(C(=O)c2ccc(F)cc2)c(N)c1. The minimum atomic E-state index is -0.363. The summed E-state index contributed by atoms with van der Waals surface area (Å²) in [5, 5.41) is 0. The van der Waals surface area contributed by atoms with Gasteiger partial charge >= 0.3 is 0 Å². The second-order valence-electron chi connectivity index (χ2n) is 3.93. The largest absolute Gasteiger partial charge is 0.398 e. The molecule has 0 radical (unpaired) electrons. The Balaban J connectivity index is 2.40. The van der Waals surface area contributed by atoms with Crippen LogP contribution in [0.15, 0.2) is 42.5 Å². The van der Waals surface area contributed by atoms with Crippen molar-refractivity contribution in [2.75, 3.05) is 5.73 Å². The van der Waals surface area contributed by atoms with Crippen molar-refractivity contribution >= 4 is 11.5 Å². The highest BCUT2D eigenvalue weighted by atomic mass is 19.1. The molecule has 0 aliphatic heterocycles. The zero-order valence-electron chi connectivity index (χ0n) is 9.41. The van der Waals surface area contributed by atoms with E-state index >= 15 is 0 Å². The molecule has 86 valence electrons. The topological polar surface area (TPSA) is 43.1 Å². The molecule has 0 spiro atoms. The second-order valence-corrected chi connectivity index (χ2v) is 3.93. The molecule has 0 fully saturated rings. The van der Waals surface area contributed by atoms with Crippen molar-refractivity contribution in [1.29, 1.82) is 0 Å². The average Bonchev–Trinajstić information content (AvgIpc) is 2.29. The van der Waals surface area contributed by atoms with Crippen molar-refractivity contribution in [3.05, 3.63) is 65.0 Å². The smallest absolute Gasteiger partial charge is 0.195 e. The van der Waals surface area contributed by atoms with Gasteiger partial charge in [-0.2, -0.15) is 0 Å². The number of hydrogen-bond acceptors (Lipinski definition) is 2. The van der Waals surface area contributed by atoms with Crippen molar-refractivity contribution in [1.82, 2.24) is 0 Å². The van der Waals surface area contributed by atoms with Crippen LogP contribution in [0.1, 0.15) is 21.5 Å². The fourth-order valence-corrected chi connectivity index (χ4v) is 1.65. The molecule has 0 amide bonds. The van der Waals surface area contributed by atoms with Crippen molar-refractivity contribution in [2.24, 2.45) is 0 Å². The summed E-state index contributed by atoms with van der Waals surface area (Å²) in [5.74, 6) is -0.555. The Bertz CT molecular complexity index is 561. The molecule has 0 saturated carbocycles. The summed E-state index contributed by atoms with van der Waals surface area (Å²) in [4.78, 5) is 12.1. The fourth-order valence-electron chi connectivity index (χ4n) is 1.65. The molecule has 0 saturated heterocycles. The van der Waals surface area contributed by atoms with Crippen LogP contribution in [0.25, 0.3) is 0 Å². The first-order valence-electron chi connectivity index (χ1n) is 5.24. The van der Waals surface area contributed by atoms with Gasteiger partial charge in [-0.3, -0.25) is 4.79 Å². The predicted octanol–water partition coefficient (Wildman–Crippen LogP) is 2.95. The second kappa shape index (κ2) is 4.37. The molecule has 0 heterocycles. The molecular weight excluding hydrogens is 217 g/mol. The van der Waals surface area contributed by atoms with Crippen molar-refractivity contribution in [3.63, 3.8) is 0 Å². The van der Waals surface area contributed by atoms with E-state index < -0.39 is 0 Å². The lowest BCUT2D eigenvalue weighted by Gasteiger charge is -2.05. The zero-order valence-corrected chi connectivity index (χ0v) is 9.41. The monoisotopic (exact) mass is 229 g/mol. The average molecular weight is 229 g/mol. The highest BCUT2D eigenvalue weighted by Crippen LogP contribution is 2.18. The Morgan fingerprint density at radius 2 is 1.76 bits per heavy atom. The highest BCUT2D eigenvalue weighted by molar-refractivity contribution is 6.12. The molecule has 2 aromatic carbocycles. The van der Waals surface area contributed by atoms with Gasteiger partial charge in [0, 0.05) is 16.8 Å². The van der Waals surface area contributed by atoms with Gasteiger partial charge in [0.1, 0.15) is 5.82 Å². The molecule has 0 aliphatic rings. The van der Waals surface area contributed by atoms with Crippen LogP contribution in [-0.4, -0.2) is 5.78 Å². The van der Waals surface area contributed by atoms with E-state index in [0.717, 1.165) is 5.56 Å². The number of anilines is 1. The van der Waals surface area contributed by atoms with E-state index in [9.17, 15) is 9.18 Å². The summed E-state index contributed by atoms with van der Waals surface area (Å²) in [6.45, 7) is 1.91. The Morgan fingerprint density at radius 3 is 2.35 bits per heavy atom. The number of carbonyl (C=O) groups is 1. The van der Waals surface area contributed by atoms with Crippen LogP contribution in [0.3, 0.4) is 0 Å². The van der Waals surface area contributed by atoms with Crippen LogP contribution >= 0.6 is 0 Å². The van der Waals surface area contributed by atoms with Crippen LogP contribution in [0.4, 0.5) is 10.1 Å². The number of rotatable bonds is 2. The van der Waals surface area contributed by atoms with Crippen molar-refractivity contribution in [3.8, 4) is 0 Å². The number of ketones is 1. The van der Waals surface area contributed by atoms with Gasteiger partial charge in [-0.05, 0) is 48.9 Å². The lowest BCUT2D eigenvalue weighted by atomic mass is 10.0. The third-order valence-corrected chi connectivity index (χ3v) is 2.56. The molecule has 0 aliphatic carbocycles. The lowest BCUT2D eigenvalue weighted by molar-refractivity contribution is 0.103. The Morgan fingerprint density at radius 1 is 1.12 bits per heavy atom. The molecule has 3 heteroatoms. The van der Waals surface area contributed by atoms with E-state index in [1.807, 2.05) is 13.0 Å². The number of carbonyl (C=O) groups excluding carboxylic acids is 1. The van der Waals surface area contributed by atoms with Gasteiger partial charge in [0.25, 0.3) is 0 Å². The molecular formula is C14H12FNO. The van der Waals surface area contributed by atoms with E-state index in [4.69, 9.17) is 5.73 Å². The maximum Gasteiger partial charge on any atom is 0.195 e. The lowest BCUT2D eigenvalue weighted by Crippen LogP contribution is -2.05. The number of nitrogen functional groups attached to an aromatic ring is 1. The van der Waals surface area contributed by atoms with Gasteiger partial charge in [0.05, 0.1) is 0 Å². The van der Waals surface area contributed by atoms with Gasteiger partial charge in [-0.1, -0.05) is 6.07 Å². The first-order valence-corrected chi connectivity index (χ1v) is 5.24. The molecule has 2 aromatic rings.